The third kappa shape index (κ3) is 1.00. The zero-order chi connectivity index (χ0) is 10.5. The second kappa shape index (κ2) is 2.71. The molecule has 0 aliphatic heterocycles. The van der Waals surface area contributed by atoms with Crippen molar-refractivity contribution in [1.82, 2.24) is 0 Å². The van der Waals surface area contributed by atoms with Crippen LogP contribution in [-0.4, -0.2) is 10.9 Å². The van der Waals surface area contributed by atoms with Crippen LogP contribution < -0.4 is 0 Å². The molecule has 14 heavy (non-hydrogen) atoms. The summed E-state index contributed by atoms with van der Waals surface area (Å²) in [6.07, 6.45) is 0.577. The lowest BCUT2D eigenvalue weighted by atomic mass is 10.00. The Kier molecular flexibility index (Phi) is 1.74. The van der Waals surface area contributed by atoms with Gasteiger partial charge in [0.15, 0.2) is 5.78 Å². The van der Waals surface area contributed by atoms with E-state index in [1.807, 2.05) is 13.0 Å². The molecule has 2 nitrogen and oxygen atoms in total. The van der Waals surface area contributed by atoms with E-state index in [9.17, 15) is 9.90 Å². The number of hydrogen-bond donors (Lipinski definition) is 1. The SMILES string of the molecule is C=C1Cc2c(C)cc(C)c(O)c2C1=O. The Hall–Kier alpha value is -1.57. The third-order valence-corrected chi connectivity index (χ3v) is 2.76. The van der Waals surface area contributed by atoms with Gasteiger partial charge in [0.1, 0.15) is 5.75 Å². The first-order valence-corrected chi connectivity index (χ1v) is 4.57. The van der Waals surface area contributed by atoms with Crippen LogP contribution in [0.4, 0.5) is 0 Å². The van der Waals surface area contributed by atoms with E-state index < -0.39 is 0 Å². The molecule has 0 spiro atoms. The summed E-state index contributed by atoms with van der Waals surface area (Å²) in [6, 6.07) is 1.90. The van der Waals surface area contributed by atoms with E-state index in [-0.39, 0.29) is 11.5 Å². The van der Waals surface area contributed by atoms with Gasteiger partial charge in [-0.3, -0.25) is 4.79 Å². The normalized spacial score (nSPS) is 14.7. The van der Waals surface area contributed by atoms with E-state index in [1.54, 1.807) is 6.92 Å². The van der Waals surface area contributed by atoms with E-state index in [0.717, 1.165) is 16.7 Å². The van der Waals surface area contributed by atoms with Crippen LogP contribution in [0.3, 0.4) is 0 Å². The van der Waals surface area contributed by atoms with Crippen LogP contribution in [0.15, 0.2) is 18.2 Å². The standard InChI is InChI=1S/C12H12O2/c1-6-4-7(2)11(13)10-9(6)5-8(3)12(10)14/h4,13H,3,5H2,1-2H3. The molecule has 0 heterocycles. The highest BCUT2D eigenvalue weighted by Crippen LogP contribution is 2.36. The van der Waals surface area contributed by atoms with E-state index in [4.69, 9.17) is 0 Å². The molecule has 0 bridgehead atoms. The van der Waals surface area contributed by atoms with Crippen LogP contribution in [-0.2, 0) is 6.42 Å². The number of rotatable bonds is 0. The molecule has 1 aliphatic carbocycles. The van der Waals surface area contributed by atoms with Crippen LogP contribution in [0.2, 0.25) is 0 Å². The minimum absolute atomic E-state index is 0.107. The molecular weight excluding hydrogens is 176 g/mol. The van der Waals surface area contributed by atoms with Gasteiger partial charge in [0.25, 0.3) is 0 Å². The summed E-state index contributed by atoms with van der Waals surface area (Å²) in [6.45, 7) is 7.46. The monoisotopic (exact) mass is 188 g/mol. The number of phenols is 1. The fourth-order valence-electron chi connectivity index (χ4n) is 1.96. The van der Waals surface area contributed by atoms with E-state index in [1.165, 1.54) is 0 Å². The Morgan fingerprint density at radius 2 is 2.00 bits per heavy atom. The largest absolute Gasteiger partial charge is 0.507 e. The second-order valence-corrected chi connectivity index (χ2v) is 3.82. The van der Waals surface area contributed by atoms with Crippen LogP contribution in [0.1, 0.15) is 27.0 Å². The van der Waals surface area contributed by atoms with Crippen LogP contribution in [0.5, 0.6) is 5.75 Å². The minimum atomic E-state index is -0.107. The van der Waals surface area contributed by atoms with Crippen molar-refractivity contribution in [3.63, 3.8) is 0 Å². The highest BCUT2D eigenvalue weighted by molar-refractivity contribution is 6.14. The van der Waals surface area contributed by atoms with Gasteiger partial charge in [-0.2, -0.15) is 0 Å². The first-order chi connectivity index (χ1) is 6.52. The van der Waals surface area contributed by atoms with E-state index in [0.29, 0.717) is 17.6 Å². The fraction of sp³-hybridized carbons (Fsp3) is 0.250. The molecule has 1 aliphatic rings. The summed E-state index contributed by atoms with van der Waals surface area (Å²) in [5.41, 5.74) is 3.78. The molecule has 2 rings (SSSR count). The van der Waals surface area contributed by atoms with Gasteiger partial charge in [-0.05, 0) is 36.1 Å². The number of ketones is 1. The Balaban J connectivity index is 2.80. The number of carbonyl (C=O) groups is 1. The van der Waals surface area contributed by atoms with Crippen molar-refractivity contribution >= 4 is 5.78 Å². The predicted octanol–water partition coefficient (Wildman–Crippen LogP) is 2.30. The Bertz CT molecular complexity index is 456. The molecule has 2 heteroatoms. The van der Waals surface area contributed by atoms with E-state index in [2.05, 4.69) is 6.58 Å². The molecule has 0 radical (unpaired) electrons. The molecular formula is C12H12O2. The molecule has 72 valence electrons. The van der Waals surface area contributed by atoms with Crippen molar-refractivity contribution in [2.45, 2.75) is 20.3 Å². The molecule has 0 aromatic heterocycles. The quantitative estimate of drug-likeness (QED) is 0.634. The Labute approximate surface area is 82.9 Å². The van der Waals surface area contributed by atoms with Crippen molar-refractivity contribution in [1.29, 1.82) is 0 Å². The van der Waals surface area contributed by atoms with Crippen molar-refractivity contribution < 1.29 is 9.90 Å². The molecule has 0 amide bonds. The van der Waals surface area contributed by atoms with Gasteiger partial charge < -0.3 is 5.11 Å². The molecule has 0 saturated carbocycles. The molecule has 0 saturated heterocycles. The van der Waals surface area contributed by atoms with Gasteiger partial charge >= 0.3 is 0 Å². The summed E-state index contributed by atoms with van der Waals surface area (Å²) < 4.78 is 0. The number of allylic oxidation sites excluding steroid dienone is 1. The number of aryl methyl sites for hydroxylation is 2. The lowest BCUT2D eigenvalue weighted by molar-refractivity contribution is 0.103. The van der Waals surface area contributed by atoms with Gasteiger partial charge in [-0.25, -0.2) is 0 Å². The Morgan fingerprint density at radius 1 is 1.36 bits per heavy atom. The summed E-state index contributed by atoms with van der Waals surface area (Å²) in [7, 11) is 0. The van der Waals surface area contributed by atoms with Gasteiger partial charge in [-0.15, -0.1) is 0 Å². The molecule has 1 aromatic rings. The summed E-state index contributed by atoms with van der Waals surface area (Å²) in [5.74, 6) is 0.0125. The van der Waals surface area contributed by atoms with Gasteiger partial charge in [0.2, 0.25) is 0 Å². The van der Waals surface area contributed by atoms with Gasteiger partial charge in [-0.1, -0.05) is 12.6 Å². The first kappa shape index (κ1) is 9.00. The molecule has 0 unspecified atom stereocenters. The predicted molar refractivity (Wildman–Crippen MR) is 54.8 cm³/mol. The fourth-order valence-corrected chi connectivity index (χ4v) is 1.96. The average Bonchev–Trinajstić information content (AvgIpc) is 2.41. The highest BCUT2D eigenvalue weighted by atomic mass is 16.3. The first-order valence-electron chi connectivity index (χ1n) is 4.57. The zero-order valence-corrected chi connectivity index (χ0v) is 8.35. The smallest absolute Gasteiger partial charge is 0.192 e. The number of carbonyl (C=O) groups excluding carboxylic acids is 1. The highest BCUT2D eigenvalue weighted by Gasteiger charge is 2.28. The average molecular weight is 188 g/mol. The maximum absolute atomic E-state index is 11.7. The molecule has 0 fully saturated rings. The van der Waals surface area contributed by atoms with Crippen LogP contribution >= 0.6 is 0 Å². The number of benzene rings is 1. The summed E-state index contributed by atoms with van der Waals surface area (Å²) in [5, 5.41) is 9.77. The number of fused-ring (bicyclic) bond motifs is 1. The molecule has 1 N–H and O–H groups in total. The maximum Gasteiger partial charge on any atom is 0.192 e. The second-order valence-electron chi connectivity index (χ2n) is 3.82. The van der Waals surface area contributed by atoms with Crippen molar-refractivity contribution in [3.05, 3.63) is 40.5 Å². The number of aromatic hydroxyl groups is 1. The zero-order valence-electron chi connectivity index (χ0n) is 8.35. The lowest BCUT2D eigenvalue weighted by Gasteiger charge is -2.07. The topological polar surface area (TPSA) is 37.3 Å². The number of phenolic OH excluding ortho intramolecular Hbond substituents is 1. The van der Waals surface area contributed by atoms with Crippen molar-refractivity contribution in [2.75, 3.05) is 0 Å². The molecule has 1 aromatic carbocycles. The third-order valence-electron chi connectivity index (χ3n) is 2.76. The van der Waals surface area contributed by atoms with Crippen molar-refractivity contribution in [3.8, 4) is 5.75 Å². The van der Waals surface area contributed by atoms with Gasteiger partial charge in [0.05, 0.1) is 5.56 Å². The Morgan fingerprint density at radius 3 is 2.64 bits per heavy atom. The number of Topliss-reactive ketones (excluding diaryl/α,β-unsaturated/α-hetero) is 1. The minimum Gasteiger partial charge on any atom is -0.507 e. The summed E-state index contributed by atoms with van der Waals surface area (Å²) >= 11 is 0. The summed E-state index contributed by atoms with van der Waals surface area (Å²) in [4.78, 5) is 11.7. The van der Waals surface area contributed by atoms with Crippen LogP contribution in [0, 0.1) is 13.8 Å². The van der Waals surface area contributed by atoms with E-state index >= 15 is 0 Å². The lowest BCUT2D eigenvalue weighted by Crippen LogP contribution is -1.96. The van der Waals surface area contributed by atoms with Gasteiger partial charge in [0, 0.05) is 6.42 Å². The maximum atomic E-state index is 11.7. The van der Waals surface area contributed by atoms with Crippen LogP contribution in [0.25, 0.3) is 0 Å². The number of hydrogen-bond acceptors (Lipinski definition) is 2. The molecule has 0 atom stereocenters. The van der Waals surface area contributed by atoms with Crippen molar-refractivity contribution in [2.24, 2.45) is 0 Å².